The van der Waals surface area contributed by atoms with Gasteiger partial charge in [0, 0.05) is 32.5 Å². The van der Waals surface area contributed by atoms with Gasteiger partial charge in [-0.2, -0.15) is 0 Å². The summed E-state index contributed by atoms with van der Waals surface area (Å²) in [5, 5.41) is 22.7. The topological polar surface area (TPSA) is 105 Å². The van der Waals surface area contributed by atoms with E-state index in [-0.39, 0.29) is 47.4 Å². The minimum atomic E-state index is -0.510. The molecule has 8 unspecified atom stereocenters. The highest BCUT2D eigenvalue weighted by Gasteiger charge is 2.32. The Morgan fingerprint density at radius 3 is 1.45 bits per heavy atom. The Bertz CT molecular complexity index is 515. The molecule has 0 aromatic rings. The van der Waals surface area contributed by atoms with E-state index in [2.05, 4.69) is 5.32 Å². The van der Waals surface area contributed by atoms with Crippen LogP contribution in [0.4, 0.5) is 0 Å². The lowest BCUT2D eigenvalue weighted by molar-refractivity contribution is -0.128. The molecule has 0 aromatic heterocycles. The number of methoxy groups -OCH3 is 2. The van der Waals surface area contributed by atoms with Crippen LogP contribution in [0.1, 0.15) is 81.1 Å². The number of hydrogen-bond acceptors (Lipinski definition) is 7. The van der Waals surface area contributed by atoms with E-state index < -0.39 is 12.2 Å². The van der Waals surface area contributed by atoms with Gasteiger partial charge in [0.15, 0.2) is 0 Å². The molecule has 0 amide bonds. The number of ether oxygens (including phenoxy) is 2. The Balaban J connectivity index is 0. The second-order valence-electron chi connectivity index (χ2n) is 9.11. The number of aliphatic hydroxyl groups is 2. The van der Waals surface area contributed by atoms with Crippen molar-refractivity contribution in [1.29, 1.82) is 0 Å². The molecular formula is C26H53NO6. The average molecular weight is 476 g/mol. The zero-order valence-electron chi connectivity index (χ0n) is 22.9. The molecule has 0 saturated heterocycles. The molecule has 8 atom stereocenters. The summed E-state index contributed by atoms with van der Waals surface area (Å²) in [5.41, 5.74) is 0. The molecule has 7 heteroatoms. The van der Waals surface area contributed by atoms with Gasteiger partial charge in [-0.15, -0.1) is 0 Å². The fourth-order valence-corrected chi connectivity index (χ4v) is 3.95. The molecule has 0 spiro atoms. The van der Waals surface area contributed by atoms with Crippen molar-refractivity contribution < 1.29 is 29.3 Å². The van der Waals surface area contributed by atoms with E-state index in [0.717, 1.165) is 13.0 Å². The van der Waals surface area contributed by atoms with Crippen molar-refractivity contribution in [3.63, 3.8) is 0 Å². The van der Waals surface area contributed by atoms with Gasteiger partial charge in [-0.3, -0.25) is 9.59 Å². The quantitative estimate of drug-likeness (QED) is 0.295. The molecule has 0 saturated carbocycles. The number of carbonyl (C=O) groups excluding carboxylic acids is 2. The number of aliphatic hydroxyl groups excluding tert-OH is 2. The summed E-state index contributed by atoms with van der Waals surface area (Å²) in [5.74, 6) is 0.344. The largest absolute Gasteiger partial charge is 0.390 e. The van der Waals surface area contributed by atoms with Gasteiger partial charge in [0.05, 0.1) is 31.0 Å². The van der Waals surface area contributed by atoms with Crippen molar-refractivity contribution in [3.05, 3.63) is 0 Å². The molecule has 0 heterocycles. The molecule has 0 aromatic carbocycles. The number of nitrogens with one attached hydrogen (secondary N) is 1. The maximum absolute atomic E-state index is 11.9. The summed E-state index contributed by atoms with van der Waals surface area (Å²) >= 11 is 0. The van der Waals surface area contributed by atoms with Gasteiger partial charge in [0.1, 0.15) is 11.6 Å². The third-order valence-corrected chi connectivity index (χ3v) is 6.81. The first kappa shape index (κ1) is 34.3. The number of likely N-dealkylation sites (N-methyl/N-ethyl adjacent to an activating group) is 1. The fourth-order valence-electron chi connectivity index (χ4n) is 3.95. The Hall–Kier alpha value is -0.860. The zero-order chi connectivity index (χ0) is 26.1. The van der Waals surface area contributed by atoms with Gasteiger partial charge in [0.25, 0.3) is 0 Å². The average Bonchev–Trinajstić information content (AvgIpc) is 2.82. The van der Waals surface area contributed by atoms with E-state index in [0.29, 0.717) is 25.8 Å². The Kier molecular flexibility index (Phi) is 20.2. The highest BCUT2D eigenvalue weighted by Crippen LogP contribution is 2.24. The van der Waals surface area contributed by atoms with Crippen LogP contribution in [0.15, 0.2) is 0 Å². The third-order valence-electron chi connectivity index (χ3n) is 6.81. The lowest BCUT2D eigenvalue weighted by Crippen LogP contribution is -2.40. The molecular weight excluding hydrogens is 422 g/mol. The minimum Gasteiger partial charge on any atom is -0.390 e. The normalized spacial score (nSPS) is 18.7. The smallest absolute Gasteiger partial charge is 0.149 e. The van der Waals surface area contributed by atoms with Crippen LogP contribution in [0.3, 0.4) is 0 Å². The Morgan fingerprint density at radius 1 is 0.758 bits per heavy atom. The summed E-state index contributed by atoms with van der Waals surface area (Å²) in [6.07, 6.45) is 1.25. The molecule has 33 heavy (non-hydrogen) atoms. The van der Waals surface area contributed by atoms with Crippen molar-refractivity contribution in [2.75, 3.05) is 27.3 Å². The van der Waals surface area contributed by atoms with E-state index in [1.165, 1.54) is 0 Å². The molecule has 0 rings (SSSR count). The molecule has 0 bridgehead atoms. The van der Waals surface area contributed by atoms with Crippen molar-refractivity contribution in [3.8, 4) is 0 Å². The Labute approximate surface area is 203 Å². The van der Waals surface area contributed by atoms with Gasteiger partial charge >= 0.3 is 0 Å². The minimum absolute atomic E-state index is 0.0149. The van der Waals surface area contributed by atoms with E-state index in [1.807, 2.05) is 55.4 Å². The molecule has 0 aliphatic carbocycles. The van der Waals surface area contributed by atoms with Crippen molar-refractivity contribution in [2.24, 2.45) is 23.7 Å². The van der Waals surface area contributed by atoms with Crippen molar-refractivity contribution >= 4 is 11.6 Å². The SMILES string of the molecule is CCCC(=O)C(C)C(C)C(OC)C(O)CC.CCNCC(=O)C(C)C(C)C(OC)C(O)CC. The number of hydrogen-bond donors (Lipinski definition) is 3. The van der Waals surface area contributed by atoms with Crippen LogP contribution >= 0.6 is 0 Å². The maximum atomic E-state index is 11.9. The van der Waals surface area contributed by atoms with E-state index in [1.54, 1.807) is 14.2 Å². The van der Waals surface area contributed by atoms with Gasteiger partial charge in [-0.1, -0.05) is 55.4 Å². The van der Waals surface area contributed by atoms with Crippen LogP contribution in [0.5, 0.6) is 0 Å². The van der Waals surface area contributed by atoms with Crippen LogP contribution in [-0.4, -0.2) is 73.5 Å². The highest BCUT2D eigenvalue weighted by molar-refractivity contribution is 5.83. The first-order valence-corrected chi connectivity index (χ1v) is 12.7. The summed E-state index contributed by atoms with van der Waals surface area (Å²) in [4.78, 5) is 23.7. The maximum Gasteiger partial charge on any atom is 0.149 e. The van der Waals surface area contributed by atoms with Crippen molar-refractivity contribution in [1.82, 2.24) is 5.32 Å². The van der Waals surface area contributed by atoms with Gasteiger partial charge in [0.2, 0.25) is 0 Å². The standard InChI is InChI=1S/C13H27NO3.C13H26O3/c1-6-11(15)13(17-5)10(4)9(3)12(16)8-14-7-2;1-6-8-12(15)9(3)10(4)13(16-5)11(14)7-2/h9-11,13-15H,6-8H2,1-5H3;9-11,13-14H,6-8H2,1-5H3. The Morgan fingerprint density at radius 2 is 1.15 bits per heavy atom. The van der Waals surface area contributed by atoms with Crippen LogP contribution in [0, 0.1) is 23.7 Å². The first-order valence-electron chi connectivity index (χ1n) is 12.7. The van der Waals surface area contributed by atoms with Crippen LogP contribution in [0.25, 0.3) is 0 Å². The van der Waals surface area contributed by atoms with Crippen molar-refractivity contribution in [2.45, 2.75) is 105 Å². The number of rotatable bonds is 17. The van der Waals surface area contributed by atoms with Crippen LogP contribution in [0.2, 0.25) is 0 Å². The monoisotopic (exact) mass is 475 g/mol. The van der Waals surface area contributed by atoms with Gasteiger partial charge in [-0.05, 0) is 37.6 Å². The van der Waals surface area contributed by atoms with E-state index >= 15 is 0 Å². The predicted molar refractivity (Wildman–Crippen MR) is 134 cm³/mol. The predicted octanol–water partition coefficient (Wildman–Crippen LogP) is 3.64. The highest BCUT2D eigenvalue weighted by atomic mass is 16.5. The molecule has 7 nitrogen and oxygen atoms in total. The summed E-state index contributed by atoms with van der Waals surface area (Å²) in [6.45, 7) is 16.8. The molecule has 198 valence electrons. The van der Waals surface area contributed by atoms with Gasteiger partial charge < -0.3 is 25.0 Å². The second kappa shape index (κ2) is 19.4. The fraction of sp³-hybridized carbons (Fsp3) is 0.923. The zero-order valence-corrected chi connectivity index (χ0v) is 22.9. The first-order chi connectivity index (χ1) is 15.5. The van der Waals surface area contributed by atoms with Gasteiger partial charge in [-0.25, -0.2) is 0 Å². The molecule has 0 radical (unpaired) electrons. The molecule has 0 fully saturated rings. The summed E-state index contributed by atoms with van der Waals surface area (Å²) in [7, 11) is 3.18. The number of Topliss-reactive ketones (excluding diaryl/α,β-unsaturated/α-hetero) is 2. The third kappa shape index (κ3) is 12.4. The second-order valence-corrected chi connectivity index (χ2v) is 9.11. The summed E-state index contributed by atoms with van der Waals surface area (Å²) in [6, 6.07) is 0. The summed E-state index contributed by atoms with van der Waals surface area (Å²) < 4.78 is 10.6. The van der Waals surface area contributed by atoms with E-state index in [4.69, 9.17) is 9.47 Å². The lowest BCUT2D eigenvalue weighted by Gasteiger charge is -2.30. The molecule has 0 aliphatic rings. The van der Waals surface area contributed by atoms with Crippen LogP contribution < -0.4 is 5.32 Å². The molecule has 3 N–H and O–H groups in total. The van der Waals surface area contributed by atoms with Crippen LogP contribution in [-0.2, 0) is 19.1 Å². The molecule has 0 aliphatic heterocycles. The number of ketones is 2. The van der Waals surface area contributed by atoms with E-state index in [9.17, 15) is 19.8 Å². The number of carbonyl (C=O) groups is 2. The lowest BCUT2D eigenvalue weighted by atomic mass is 9.83.